The minimum Gasteiger partial charge on any atom is -0.393 e. The molecule has 0 aromatic rings. The molecule has 99 valence electrons. The van der Waals surface area contributed by atoms with Crippen LogP contribution in [0.2, 0.25) is 0 Å². The molecule has 0 aromatic carbocycles. The van der Waals surface area contributed by atoms with Gasteiger partial charge in [0.1, 0.15) is 0 Å². The Morgan fingerprint density at radius 2 is 1.35 bits per heavy atom. The first kappa shape index (κ1) is 13.4. The molecular weight excluding hydrogens is 212 g/mol. The van der Waals surface area contributed by atoms with Gasteiger partial charge in [0.25, 0.3) is 0 Å². The summed E-state index contributed by atoms with van der Waals surface area (Å²) in [6.45, 7) is 2.25. The van der Waals surface area contributed by atoms with Crippen molar-refractivity contribution < 1.29 is 10.2 Å². The summed E-state index contributed by atoms with van der Waals surface area (Å²) >= 11 is 0. The third kappa shape index (κ3) is 3.45. The fourth-order valence-electron chi connectivity index (χ4n) is 3.91. The van der Waals surface area contributed by atoms with E-state index in [-0.39, 0.29) is 12.2 Å². The SMILES string of the molecule is CC[C](C1CCCC(O)C1)C1CCCC(O)C1. The van der Waals surface area contributed by atoms with E-state index in [1.165, 1.54) is 25.7 Å². The van der Waals surface area contributed by atoms with Gasteiger partial charge in [0, 0.05) is 0 Å². The molecule has 4 unspecified atom stereocenters. The van der Waals surface area contributed by atoms with Crippen molar-refractivity contribution in [2.75, 3.05) is 0 Å². The Morgan fingerprint density at radius 3 is 1.71 bits per heavy atom. The number of aliphatic hydroxyl groups is 2. The first-order chi connectivity index (χ1) is 8.20. The van der Waals surface area contributed by atoms with Gasteiger partial charge in [-0.1, -0.05) is 19.8 Å². The first-order valence-electron chi connectivity index (χ1n) is 7.42. The van der Waals surface area contributed by atoms with Gasteiger partial charge in [0.05, 0.1) is 12.2 Å². The van der Waals surface area contributed by atoms with Crippen molar-refractivity contribution in [1.29, 1.82) is 0 Å². The molecule has 4 atom stereocenters. The quantitative estimate of drug-likeness (QED) is 0.794. The van der Waals surface area contributed by atoms with Crippen molar-refractivity contribution in [3.05, 3.63) is 5.92 Å². The predicted octanol–water partition coefficient (Wildman–Crippen LogP) is 3.07. The smallest absolute Gasteiger partial charge is 0.0543 e. The van der Waals surface area contributed by atoms with Crippen LogP contribution in [0.1, 0.15) is 64.7 Å². The van der Waals surface area contributed by atoms with Crippen molar-refractivity contribution in [1.82, 2.24) is 0 Å². The maximum atomic E-state index is 9.81. The van der Waals surface area contributed by atoms with Gasteiger partial charge >= 0.3 is 0 Å². The van der Waals surface area contributed by atoms with E-state index in [0.717, 1.165) is 32.1 Å². The van der Waals surface area contributed by atoms with E-state index >= 15 is 0 Å². The molecule has 0 bridgehead atoms. The van der Waals surface area contributed by atoms with E-state index in [2.05, 4.69) is 6.92 Å². The van der Waals surface area contributed by atoms with Crippen LogP contribution in [0.25, 0.3) is 0 Å². The van der Waals surface area contributed by atoms with Gasteiger partial charge in [-0.2, -0.15) is 0 Å². The Balaban J connectivity index is 1.94. The highest BCUT2D eigenvalue weighted by atomic mass is 16.3. The number of rotatable bonds is 3. The molecule has 2 nitrogen and oxygen atoms in total. The van der Waals surface area contributed by atoms with Gasteiger partial charge in [0.2, 0.25) is 0 Å². The van der Waals surface area contributed by atoms with Gasteiger partial charge in [-0.05, 0) is 62.7 Å². The molecule has 2 heteroatoms. The van der Waals surface area contributed by atoms with Crippen molar-refractivity contribution >= 4 is 0 Å². The Morgan fingerprint density at radius 1 is 0.882 bits per heavy atom. The topological polar surface area (TPSA) is 40.5 Å². The fraction of sp³-hybridized carbons (Fsp3) is 0.933. The third-order valence-corrected chi connectivity index (χ3v) is 4.75. The van der Waals surface area contributed by atoms with Crippen LogP contribution in [-0.2, 0) is 0 Å². The van der Waals surface area contributed by atoms with Gasteiger partial charge in [-0.25, -0.2) is 0 Å². The van der Waals surface area contributed by atoms with E-state index in [4.69, 9.17) is 0 Å². The summed E-state index contributed by atoms with van der Waals surface area (Å²) in [5.74, 6) is 2.89. The van der Waals surface area contributed by atoms with Crippen LogP contribution < -0.4 is 0 Å². The van der Waals surface area contributed by atoms with Crippen LogP contribution >= 0.6 is 0 Å². The fourth-order valence-corrected chi connectivity index (χ4v) is 3.91. The molecule has 2 fully saturated rings. The summed E-state index contributed by atoms with van der Waals surface area (Å²) in [4.78, 5) is 0. The molecule has 0 saturated heterocycles. The predicted molar refractivity (Wildman–Crippen MR) is 69.5 cm³/mol. The van der Waals surface area contributed by atoms with Gasteiger partial charge in [0.15, 0.2) is 0 Å². The number of hydrogen-bond donors (Lipinski definition) is 2. The lowest BCUT2D eigenvalue weighted by Gasteiger charge is -2.39. The van der Waals surface area contributed by atoms with E-state index in [0.29, 0.717) is 11.8 Å². The minimum absolute atomic E-state index is 0.0798. The molecule has 2 saturated carbocycles. The standard InChI is InChI=1S/C15H27O2/c1-2-15(11-5-3-7-13(16)9-11)12-6-4-8-14(17)10-12/h11-14,16-17H,2-10H2,1H3. The van der Waals surface area contributed by atoms with Crippen LogP contribution in [0, 0.1) is 17.8 Å². The van der Waals surface area contributed by atoms with Crippen molar-refractivity contribution in [3.63, 3.8) is 0 Å². The molecule has 2 rings (SSSR count). The molecular formula is C15H27O2. The first-order valence-corrected chi connectivity index (χ1v) is 7.42. The molecule has 1 radical (unpaired) electrons. The normalized spacial score (nSPS) is 39.5. The lowest BCUT2D eigenvalue weighted by atomic mass is 9.68. The lowest BCUT2D eigenvalue weighted by Crippen LogP contribution is -2.32. The molecule has 0 aromatic heterocycles. The van der Waals surface area contributed by atoms with Gasteiger partial charge in [-0.15, -0.1) is 0 Å². The number of hydrogen-bond acceptors (Lipinski definition) is 2. The monoisotopic (exact) mass is 239 g/mol. The zero-order valence-corrected chi connectivity index (χ0v) is 11.1. The molecule has 0 amide bonds. The summed E-state index contributed by atoms with van der Waals surface area (Å²) in [7, 11) is 0. The highest BCUT2D eigenvalue weighted by Gasteiger charge is 2.34. The molecule has 0 aliphatic heterocycles. The van der Waals surface area contributed by atoms with Crippen LogP contribution in [0.3, 0.4) is 0 Å². The Kier molecular flexibility index (Phi) is 4.87. The van der Waals surface area contributed by atoms with Crippen LogP contribution in [-0.4, -0.2) is 22.4 Å². The summed E-state index contributed by atoms with van der Waals surface area (Å²) < 4.78 is 0. The van der Waals surface area contributed by atoms with Crippen LogP contribution in [0.15, 0.2) is 0 Å². The lowest BCUT2D eigenvalue weighted by molar-refractivity contribution is 0.0758. The zero-order valence-electron chi connectivity index (χ0n) is 11.1. The largest absolute Gasteiger partial charge is 0.393 e. The Hall–Kier alpha value is -0.0800. The summed E-state index contributed by atoms with van der Waals surface area (Å²) in [5.41, 5.74) is 0. The molecule has 0 spiro atoms. The highest BCUT2D eigenvalue weighted by molar-refractivity contribution is 5.04. The van der Waals surface area contributed by atoms with Crippen LogP contribution in [0.5, 0.6) is 0 Å². The van der Waals surface area contributed by atoms with Crippen molar-refractivity contribution in [2.24, 2.45) is 11.8 Å². The average Bonchev–Trinajstić information content (AvgIpc) is 2.30. The van der Waals surface area contributed by atoms with Gasteiger partial charge < -0.3 is 10.2 Å². The maximum Gasteiger partial charge on any atom is 0.0543 e. The summed E-state index contributed by atoms with van der Waals surface area (Å²) in [6, 6.07) is 0. The molecule has 2 aliphatic carbocycles. The molecule has 17 heavy (non-hydrogen) atoms. The molecule has 2 aliphatic rings. The Bertz CT molecular complexity index is 207. The van der Waals surface area contributed by atoms with Crippen molar-refractivity contribution in [3.8, 4) is 0 Å². The van der Waals surface area contributed by atoms with Crippen LogP contribution in [0.4, 0.5) is 0 Å². The van der Waals surface area contributed by atoms with E-state index in [9.17, 15) is 10.2 Å². The molecule has 2 N–H and O–H groups in total. The second kappa shape index (κ2) is 6.19. The second-order valence-electron chi connectivity index (χ2n) is 5.96. The van der Waals surface area contributed by atoms with E-state index in [1.54, 1.807) is 5.92 Å². The summed E-state index contributed by atoms with van der Waals surface area (Å²) in [5, 5.41) is 19.6. The van der Waals surface area contributed by atoms with Gasteiger partial charge in [-0.3, -0.25) is 0 Å². The van der Waals surface area contributed by atoms with Crippen molar-refractivity contribution in [2.45, 2.75) is 76.9 Å². The van der Waals surface area contributed by atoms with E-state index in [1.807, 2.05) is 0 Å². The highest BCUT2D eigenvalue weighted by Crippen LogP contribution is 2.42. The van der Waals surface area contributed by atoms with E-state index < -0.39 is 0 Å². The molecule has 0 heterocycles. The zero-order chi connectivity index (χ0) is 12.3. The second-order valence-corrected chi connectivity index (χ2v) is 5.96. The minimum atomic E-state index is -0.0798. The third-order valence-electron chi connectivity index (χ3n) is 4.75. The number of aliphatic hydroxyl groups excluding tert-OH is 2. The average molecular weight is 239 g/mol. The summed E-state index contributed by atoms with van der Waals surface area (Å²) in [6.07, 6.45) is 9.74. The maximum absolute atomic E-state index is 9.81. The Labute approximate surface area is 105 Å².